The van der Waals surface area contributed by atoms with Gasteiger partial charge >= 0.3 is 0 Å². The third-order valence-electron chi connectivity index (χ3n) is 3.24. The molecule has 0 bridgehead atoms. The Balaban J connectivity index is 2.10. The van der Waals surface area contributed by atoms with Crippen molar-refractivity contribution in [1.82, 2.24) is 0 Å². The number of carbonyl (C=O) groups excluding carboxylic acids is 1. The SMILES string of the molecule is O=C1CSC(c2c(F)cccc2F)N1c1cc(F)cc(F)c1. The van der Waals surface area contributed by atoms with Crippen molar-refractivity contribution in [2.24, 2.45) is 0 Å². The van der Waals surface area contributed by atoms with Gasteiger partial charge in [0, 0.05) is 6.07 Å². The van der Waals surface area contributed by atoms with Crippen LogP contribution in [0.15, 0.2) is 36.4 Å². The molecule has 1 unspecified atom stereocenters. The van der Waals surface area contributed by atoms with Gasteiger partial charge in [0.25, 0.3) is 0 Å². The van der Waals surface area contributed by atoms with Gasteiger partial charge in [0.05, 0.1) is 17.0 Å². The highest BCUT2D eigenvalue weighted by Gasteiger charge is 2.37. The smallest absolute Gasteiger partial charge is 0.238 e. The van der Waals surface area contributed by atoms with Gasteiger partial charge in [0.2, 0.25) is 5.91 Å². The zero-order valence-corrected chi connectivity index (χ0v) is 11.8. The van der Waals surface area contributed by atoms with Gasteiger partial charge in [-0.3, -0.25) is 9.69 Å². The molecule has 0 aromatic heterocycles. The van der Waals surface area contributed by atoms with E-state index in [-0.39, 0.29) is 17.0 Å². The third kappa shape index (κ3) is 2.56. The number of rotatable bonds is 2. The molecular formula is C15H9F4NOS. The quantitative estimate of drug-likeness (QED) is 0.777. The van der Waals surface area contributed by atoms with Crippen LogP contribution in [0.25, 0.3) is 0 Å². The van der Waals surface area contributed by atoms with Gasteiger partial charge in [0.15, 0.2) is 0 Å². The fourth-order valence-electron chi connectivity index (χ4n) is 2.34. The predicted molar refractivity (Wildman–Crippen MR) is 75.4 cm³/mol. The first-order chi connectivity index (χ1) is 10.5. The van der Waals surface area contributed by atoms with Crippen molar-refractivity contribution in [3.63, 3.8) is 0 Å². The summed E-state index contributed by atoms with van der Waals surface area (Å²) >= 11 is 0.998. The van der Waals surface area contributed by atoms with E-state index < -0.39 is 34.5 Å². The lowest BCUT2D eigenvalue weighted by Gasteiger charge is -2.25. The van der Waals surface area contributed by atoms with Gasteiger partial charge < -0.3 is 0 Å². The van der Waals surface area contributed by atoms with E-state index in [1.54, 1.807) is 0 Å². The van der Waals surface area contributed by atoms with Gasteiger partial charge in [0.1, 0.15) is 28.6 Å². The summed E-state index contributed by atoms with van der Waals surface area (Å²) in [4.78, 5) is 13.0. The molecule has 3 rings (SSSR count). The van der Waals surface area contributed by atoms with E-state index in [2.05, 4.69) is 0 Å². The maximum atomic E-state index is 13.9. The van der Waals surface area contributed by atoms with Gasteiger partial charge in [-0.25, -0.2) is 17.6 Å². The van der Waals surface area contributed by atoms with Crippen LogP contribution < -0.4 is 4.90 Å². The molecule has 1 aliphatic heterocycles. The van der Waals surface area contributed by atoms with Gasteiger partial charge in [-0.05, 0) is 24.3 Å². The zero-order valence-electron chi connectivity index (χ0n) is 11.0. The molecule has 1 heterocycles. The highest BCUT2D eigenvalue weighted by Crippen LogP contribution is 2.43. The van der Waals surface area contributed by atoms with E-state index in [4.69, 9.17) is 0 Å². The first kappa shape index (κ1) is 14.9. The van der Waals surface area contributed by atoms with Crippen LogP contribution in [0, 0.1) is 23.3 Å². The minimum atomic E-state index is -1.00. The number of benzene rings is 2. The van der Waals surface area contributed by atoms with Crippen LogP contribution in [0.3, 0.4) is 0 Å². The number of halogens is 4. The molecule has 114 valence electrons. The Morgan fingerprint density at radius 2 is 1.59 bits per heavy atom. The molecule has 0 aliphatic carbocycles. The summed E-state index contributed by atoms with van der Waals surface area (Å²) in [5.74, 6) is -3.86. The lowest BCUT2D eigenvalue weighted by atomic mass is 10.1. The molecule has 0 saturated carbocycles. The maximum absolute atomic E-state index is 13.9. The Bertz CT molecular complexity index is 712. The number of anilines is 1. The Morgan fingerprint density at radius 3 is 2.18 bits per heavy atom. The highest BCUT2D eigenvalue weighted by atomic mass is 32.2. The Labute approximate surface area is 127 Å². The van der Waals surface area contributed by atoms with E-state index in [1.165, 1.54) is 6.07 Å². The standard InChI is InChI=1S/C15H9F4NOS/c16-8-4-9(17)6-10(5-8)20-13(21)7-22-15(20)14-11(18)2-1-3-12(14)19/h1-6,15H,7H2. The number of hydrogen-bond donors (Lipinski definition) is 0. The average molecular weight is 327 g/mol. The number of carbonyl (C=O) groups is 1. The molecular weight excluding hydrogens is 318 g/mol. The summed E-state index contributed by atoms with van der Waals surface area (Å²) in [5, 5.41) is -1.00. The van der Waals surface area contributed by atoms with Gasteiger partial charge in [-0.1, -0.05) is 6.07 Å². The summed E-state index contributed by atoms with van der Waals surface area (Å²) in [5.41, 5.74) is -0.372. The zero-order chi connectivity index (χ0) is 15.9. The molecule has 2 aromatic rings. The van der Waals surface area contributed by atoms with Crippen LogP contribution in [-0.4, -0.2) is 11.7 Å². The Kier molecular flexibility index (Phi) is 3.82. The summed E-state index contributed by atoms with van der Waals surface area (Å²) in [7, 11) is 0. The van der Waals surface area contributed by atoms with Crippen molar-refractivity contribution in [2.75, 3.05) is 10.7 Å². The van der Waals surface area contributed by atoms with Crippen molar-refractivity contribution in [2.45, 2.75) is 5.37 Å². The van der Waals surface area contributed by atoms with E-state index in [1.807, 2.05) is 0 Å². The molecule has 7 heteroatoms. The molecule has 0 spiro atoms. The second-order valence-electron chi connectivity index (χ2n) is 4.69. The second kappa shape index (κ2) is 5.64. The topological polar surface area (TPSA) is 20.3 Å². The van der Waals surface area contributed by atoms with Crippen molar-refractivity contribution < 1.29 is 22.4 Å². The van der Waals surface area contributed by atoms with Crippen molar-refractivity contribution >= 4 is 23.4 Å². The number of hydrogen-bond acceptors (Lipinski definition) is 2. The monoisotopic (exact) mass is 327 g/mol. The van der Waals surface area contributed by atoms with E-state index in [9.17, 15) is 22.4 Å². The third-order valence-corrected chi connectivity index (χ3v) is 4.42. The highest BCUT2D eigenvalue weighted by molar-refractivity contribution is 8.00. The molecule has 2 nitrogen and oxygen atoms in total. The van der Waals surface area contributed by atoms with Gasteiger partial charge in [-0.15, -0.1) is 11.8 Å². The number of thioether (sulfide) groups is 1. The van der Waals surface area contributed by atoms with Crippen LogP contribution in [-0.2, 0) is 4.79 Å². The molecule has 1 atom stereocenters. The molecule has 1 aliphatic rings. The molecule has 0 radical (unpaired) electrons. The molecule has 2 aromatic carbocycles. The minimum absolute atomic E-state index is 0.0312. The van der Waals surface area contributed by atoms with Crippen molar-refractivity contribution in [1.29, 1.82) is 0 Å². The molecule has 1 saturated heterocycles. The van der Waals surface area contributed by atoms with Crippen LogP contribution >= 0.6 is 11.8 Å². The van der Waals surface area contributed by atoms with E-state index >= 15 is 0 Å². The maximum Gasteiger partial charge on any atom is 0.238 e. The largest absolute Gasteiger partial charge is 0.295 e. The van der Waals surface area contributed by atoms with Crippen molar-refractivity contribution in [3.8, 4) is 0 Å². The van der Waals surface area contributed by atoms with Crippen LogP contribution in [0.5, 0.6) is 0 Å². The van der Waals surface area contributed by atoms with Crippen molar-refractivity contribution in [3.05, 3.63) is 65.2 Å². The lowest BCUT2D eigenvalue weighted by molar-refractivity contribution is -0.115. The fourth-order valence-corrected chi connectivity index (χ4v) is 3.56. The predicted octanol–water partition coefficient (Wildman–Crippen LogP) is 4.02. The summed E-state index contributed by atoms with van der Waals surface area (Å²) in [6, 6.07) is 5.94. The van der Waals surface area contributed by atoms with Crippen LogP contribution in [0.2, 0.25) is 0 Å². The number of nitrogens with zero attached hydrogens (tertiary/aromatic N) is 1. The van der Waals surface area contributed by atoms with Crippen LogP contribution in [0.4, 0.5) is 23.2 Å². The van der Waals surface area contributed by atoms with E-state index in [0.29, 0.717) is 6.07 Å². The first-order valence-electron chi connectivity index (χ1n) is 6.31. The fraction of sp³-hybridized carbons (Fsp3) is 0.133. The second-order valence-corrected chi connectivity index (χ2v) is 5.76. The number of amides is 1. The Morgan fingerprint density at radius 1 is 1.00 bits per heavy atom. The van der Waals surface area contributed by atoms with E-state index in [0.717, 1.165) is 40.9 Å². The van der Waals surface area contributed by atoms with Gasteiger partial charge in [-0.2, -0.15) is 0 Å². The summed E-state index contributed by atoms with van der Waals surface area (Å²) in [6.07, 6.45) is 0. The first-order valence-corrected chi connectivity index (χ1v) is 7.36. The summed E-state index contributed by atoms with van der Waals surface area (Å²) < 4.78 is 54.6. The molecule has 1 fully saturated rings. The molecule has 22 heavy (non-hydrogen) atoms. The Hall–Kier alpha value is -2.02. The molecule has 0 N–H and O–H groups in total. The average Bonchev–Trinajstić information content (AvgIpc) is 2.79. The van der Waals surface area contributed by atoms with Crippen LogP contribution in [0.1, 0.15) is 10.9 Å². The lowest BCUT2D eigenvalue weighted by Crippen LogP contribution is -2.29. The summed E-state index contributed by atoms with van der Waals surface area (Å²) in [6.45, 7) is 0. The normalized spacial score (nSPS) is 18.1. The minimum Gasteiger partial charge on any atom is -0.295 e. The molecule has 1 amide bonds.